The highest BCUT2D eigenvalue weighted by molar-refractivity contribution is 5.06. The number of nitrogens with two attached hydrogens (primary N) is 1. The van der Waals surface area contributed by atoms with Crippen molar-refractivity contribution in [2.45, 2.75) is 38.8 Å². The summed E-state index contributed by atoms with van der Waals surface area (Å²) in [5.41, 5.74) is 7.30. The zero-order valence-electron chi connectivity index (χ0n) is 10.9. The third kappa shape index (κ3) is 2.67. The van der Waals surface area contributed by atoms with Gasteiger partial charge >= 0.3 is 0 Å². The van der Waals surface area contributed by atoms with Crippen molar-refractivity contribution in [3.8, 4) is 0 Å². The van der Waals surface area contributed by atoms with Crippen LogP contribution in [0.4, 0.5) is 0 Å². The molecule has 17 heavy (non-hydrogen) atoms. The summed E-state index contributed by atoms with van der Waals surface area (Å²) < 4.78 is 0. The lowest BCUT2D eigenvalue weighted by Gasteiger charge is -2.40. The van der Waals surface area contributed by atoms with Gasteiger partial charge in [-0.05, 0) is 44.4 Å². The molecule has 3 nitrogen and oxygen atoms in total. The molecule has 0 radical (unpaired) electrons. The van der Waals surface area contributed by atoms with Gasteiger partial charge in [0.2, 0.25) is 0 Å². The van der Waals surface area contributed by atoms with Gasteiger partial charge in [-0.25, -0.2) is 0 Å². The van der Waals surface area contributed by atoms with Crippen LogP contribution in [-0.4, -0.2) is 28.5 Å². The van der Waals surface area contributed by atoms with E-state index in [2.05, 4.69) is 29.8 Å². The summed E-state index contributed by atoms with van der Waals surface area (Å²) in [5.74, 6) is 0.774. The summed E-state index contributed by atoms with van der Waals surface area (Å²) in [4.78, 5) is 6.89. The monoisotopic (exact) mass is 233 g/mol. The summed E-state index contributed by atoms with van der Waals surface area (Å²) in [5, 5.41) is 0. The van der Waals surface area contributed by atoms with E-state index in [-0.39, 0.29) is 5.54 Å². The Labute approximate surface area is 104 Å². The van der Waals surface area contributed by atoms with Crippen LogP contribution in [0.3, 0.4) is 0 Å². The van der Waals surface area contributed by atoms with Crippen LogP contribution >= 0.6 is 0 Å². The number of aromatic nitrogens is 1. The first-order valence-electron chi connectivity index (χ1n) is 6.55. The summed E-state index contributed by atoms with van der Waals surface area (Å²) in [6.45, 7) is 7.18. The molecule has 0 aromatic carbocycles. The maximum absolute atomic E-state index is 6.02. The Morgan fingerprint density at radius 2 is 2.24 bits per heavy atom. The van der Waals surface area contributed by atoms with Gasteiger partial charge in [-0.15, -0.1) is 0 Å². The van der Waals surface area contributed by atoms with E-state index in [1.54, 1.807) is 0 Å². The number of likely N-dealkylation sites (N-methyl/N-ethyl adjacent to an activating group) is 1. The van der Waals surface area contributed by atoms with Crippen molar-refractivity contribution in [2.24, 2.45) is 11.7 Å². The molecule has 94 valence electrons. The number of hydrogen-bond acceptors (Lipinski definition) is 3. The van der Waals surface area contributed by atoms with E-state index in [0.717, 1.165) is 31.2 Å². The van der Waals surface area contributed by atoms with Gasteiger partial charge in [0.1, 0.15) is 0 Å². The fourth-order valence-corrected chi connectivity index (χ4v) is 2.60. The van der Waals surface area contributed by atoms with E-state index in [0.29, 0.717) is 0 Å². The molecule has 1 aliphatic carbocycles. The molecule has 1 atom stereocenters. The minimum atomic E-state index is 0.145. The Bertz CT molecular complexity index is 348. The van der Waals surface area contributed by atoms with Crippen LogP contribution in [0.15, 0.2) is 24.4 Å². The molecule has 0 saturated heterocycles. The molecule has 0 spiro atoms. The van der Waals surface area contributed by atoms with E-state index < -0.39 is 0 Å². The summed E-state index contributed by atoms with van der Waals surface area (Å²) in [6, 6.07) is 6.10. The third-order valence-electron chi connectivity index (χ3n) is 4.05. The fraction of sp³-hybridized carbons (Fsp3) is 0.643. The first kappa shape index (κ1) is 12.5. The van der Waals surface area contributed by atoms with Gasteiger partial charge in [0.05, 0.1) is 5.69 Å². The molecule has 1 heterocycles. The average Bonchev–Trinajstić information content (AvgIpc) is 3.21. The van der Waals surface area contributed by atoms with Crippen molar-refractivity contribution in [1.29, 1.82) is 0 Å². The molecule has 0 bridgehead atoms. The van der Waals surface area contributed by atoms with Crippen molar-refractivity contribution < 1.29 is 0 Å². The second-order valence-corrected chi connectivity index (χ2v) is 5.17. The van der Waals surface area contributed by atoms with Crippen LogP contribution in [0.25, 0.3) is 0 Å². The lowest BCUT2D eigenvalue weighted by molar-refractivity contribution is 0.0857. The van der Waals surface area contributed by atoms with Crippen molar-refractivity contribution in [3.63, 3.8) is 0 Å². The molecule has 1 aliphatic rings. The molecule has 1 aromatic heterocycles. The molecule has 2 N–H and O–H groups in total. The van der Waals surface area contributed by atoms with E-state index in [4.69, 9.17) is 5.73 Å². The molecule has 1 saturated carbocycles. The topological polar surface area (TPSA) is 42.2 Å². The molecule has 3 heteroatoms. The van der Waals surface area contributed by atoms with E-state index in [1.165, 1.54) is 12.8 Å². The minimum Gasteiger partial charge on any atom is -0.329 e. The van der Waals surface area contributed by atoms with Gasteiger partial charge in [-0.2, -0.15) is 0 Å². The Balaban J connectivity index is 2.10. The Morgan fingerprint density at radius 3 is 2.71 bits per heavy atom. The molecule has 1 aromatic rings. The standard InChI is InChI=1S/C14H23N3/c1-3-17(10-13-6-4-5-9-16-13)14(2,11-15)12-7-8-12/h4-6,9,12H,3,7-8,10-11,15H2,1-2H3. The summed E-state index contributed by atoms with van der Waals surface area (Å²) in [7, 11) is 0. The zero-order chi connectivity index (χ0) is 12.3. The van der Waals surface area contributed by atoms with Gasteiger partial charge < -0.3 is 5.73 Å². The first-order chi connectivity index (χ1) is 8.20. The van der Waals surface area contributed by atoms with Gasteiger partial charge in [-0.1, -0.05) is 13.0 Å². The van der Waals surface area contributed by atoms with Crippen molar-refractivity contribution >= 4 is 0 Å². The molecule has 2 rings (SSSR count). The molecular weight excluding hydrogens is 210 g/mol. The molecule has 1 unspecified atom stereocenters. The average molecular weight is 233 g/mol. The van der Waals surface area contributed by atoms with Crippen molar-refractivity contribution in [2.75, 3.05) is 13.1 Å². The number of rotatable bonds is 6. The normalized spacial score (nSPS) is 19.3. The maximum Gasteiger partial charge on any atom is 0.0544 e. The predicted octanol–water partition coefficient (Wildman–Crippen LogP) is 2.03. The van der Waals surface area contributed by atoms with E-state index >= 15 is 0 Å². The second kappa shape index (κ2) is 5.15. The van der Waals surface area contributed by atoms with Crippen LogP contribution in [-0.2, 0) is 6.54 Å². The highest BCUT2D eigenvalue weighted by Gasteiger charge is 2.44. The predicted molar refractivity (Wildman–Crippen MR) is 70.5 cm³/mol. The van der Waals surface area contributed by atoms with Crippen molar-refractivity contribution in [3.05, 3.63) is 30.1 Å². The van der Waals surface area contributed by atoms with Crippen molar-refractivity contribution in [1.82, 2.24) is 9.88 Å². The van der Waals surface area contributed by atoms with Gasteiger partial charge in [0.15, 0.2) is 0 Å². The molecular formula is C14H23N3. The van der Waals surface area contributed by atoms with Crippen LogP contribution in [0, 0.1) is 5.92 Å². The number of hydrogen-bond donors (Lipinski definition) is 1. The largest absolute Gasteiger partial charge is 0.329 e. The smallest absolute Gasteiger partial charge is 0.0544 e. The number of nitrogens with zero attached hydrogens (tertiary/aromatic N) is 2. The van der Waals surface area contributed by atoms with Gasteiger partial charge in [-0.3, -0.25) is 9.88 Å². The maximum atomic E-state index is 6.02. The Hall–Kier alpha value is -0.930. The van der Waals surface area contributed by atoms with Gasteiger partial charge in [0, 0.05) is 24.8 Å². The minimum absolute atomic E-state index is 0.145. The first-order valence-corrected chi connectivity index (χ1v) is 6.55. The van der Waals surface area contributed by atoms with E-state index in [1.807, 2.05) is 18.3 Å². The quantitative estimate of drug-likeness (QED) is 0.817. The highest BCUT2D eigenvalue weighted by atomic mass is 15.2. The van der Waals surface area contributed by atoms with E-state index in [9.17, 15) is 0 Å². The third-order valence-corrected chi connectivity index (χ3v) is 4.05. The summed E-state index contributed by atoms with van der Waals surface area (Å²) in [6.07, 6.45) is 4.51. The van der Waals surface area contributed by atoms with Crippen LogP contribution in [0.2, 0.25) is 0 Å². The SMILES string of the molecule is CCN(Cc1ccccn1)C(C)(CN)C1CC1. The fourth-order valence-electron chi connectivity index (χ4n) is 2.60. The molecule has 0 aliphatic heterocycles. The Kier molecular flexibility index (Phi) is 3.79. The highest BCUT2D eigenvalue weighted by Crippen LogP contribution is 2.42. The number of pyridine rings is 1. The lowest BCUT2D eigenvalue weighted by Crippen LogP contribution is -2.53. The summed E-state index contributed by atoms with van der Waals surface area (Å²) >= 11 is 0. The second-order valence-electron chi connectivity index (χ2n) is 5.17. The molecule has 1 fully saturated rings. The lowest BCUT2D eigenvalue weighted by atomic mass is 9.93. The van der Waals surface area contributed by atoms with Crippen LogP contribution in [0.5, 0.6) is 0 Å². The zero-order valence-corrected chi connectivity index (χ0v) is 10.9. The van der Waals surface area contributed by atoms with Crippen LogP contribution < -0.4 is 5.73 Å². The molecule has 0 amide bonds. The Morgan fingerprint density at radius 1 is 1.47 bits per heavy atom. The van der Waals surface area contributed by atoms with Gasteiger partial charge in [0.25, 0.3) is 0 Å². The van der Waals surface area contributed by atoms with Crippen LogP contribution in [0.1, 0.15) is 32.4 Å².